The van der Waals surface area contributed by atoms with Gasteiger partial charge in [0, 0.05) is 19.2 Å². The number of anilines is 1. The number of nitrogens with one attached hydrogen (secondary N) is 1. The molecule has 9 nitrogen and oxygen atoms in total. The van der Waals surface area contributed by atoms with E-state index in [2.05, 4.69) is 5.32 Å². The van der Waals surface area contributed by atoms with Gasteiger partial charge in [-0.2, -0.15) is 0 Å². The quantitative estimate of drug-likeness (QED) is 0.220. The number of amides is 2. The number of hydrogen-bond donors (Lipinski definition) is 1. The molecule has 12 heteroatoms. The average molecular weight is 651 g/mol. The van der Waals surface area contributed by atoms with E-state index in [0.717, 1.165) is 22.7 Å². The van der Waals surface area contributed by atoms with Crippen LogP contribution in [-0.4, -0.2) is 58.5 Å². The lowest BCUT2D eigenvalue weighted by atomic mass is 10.1. The van der Waals surface area contributed by atoms with Crippen molar-refractivity contribution < 1.29 is 27.5 Å². The van der Waals surface area contributed by atoms with Crippen LogP contribution < -0.4 is 19.1 Å². The fraction of sp³-hybridized carbons (Fsp3) is 0.355. The molecule has 0 fully saturated rings. The lowest BCUT2D eigenvalue weighted by molar-refractivity contribution is -0.139. The van der Waals surface area contributed by atoms with Gasteiger partial charge in [0.25, 0.3) is 10.0 Å². The lowest BCUT2D eigenvalue weighted by Gasteiger charge is -2.32. The minimum atomic E-state index is -4.29. The number of methoxy groups -OCH3 is 2. The number of halogens is 2. The standard InChI is InChI=1S/C31H37Cl2N3O6S/c1-6-7-16-34-31(38)22(3)35(19-23-10-14-26(32)27(33)17-23)30(37)20-36(28-18-24(41-4)11-15-29(28)42-5)43(39,40)25-12-8-21(2)9-13-25/h8-15,17-18,22H,6-7,16,19-20H2,1-5H3,(H,34,38)/t22-/m0/s1. The third-order valence-electron chi connectivity index (χ3n) is 6.88. The van der Waals surface area contributed by atoms with E-state index in [9.17, 15) is 18.0 Å². The van der Waals surface area contributed by atoms with Crippen molar-refractivity contribution in [2.24, 2.45) is 0 Å². The van der Waals surface area contributed by atoms with Gasteiger partial charge in [-0.1, -0.05) is 60.3 Å². The molecular weight excluding hydrogens is 613 g/mol. The molecule has 0 saturated heterocycles. The highest BCUT2D eigenvalue weighted by atomic mass is 35.5. The molecule has 3 aromatic carbocycles. The summed E-state index contributed by atoms with van der Waals surface area (Å²) < 4.78 is 40.1. The highest BCUT2D eigenvalue weighted by Crippen LogP contribution is 2.36. The first kappa shape index (κ1) is 34.0. The number of rotatable bonds is 14. The second-order valence-corrected chi connectivity index (χ2v) is 12.6. The summed E-state index contributed by atoms with van der Waals surface area (Å²) in [6.45, 7) is 5.24. The second-order valence-electron chi connectivity index (χ2n) is 9.95. The molecule has 0 unspecified atom stereocenters. The lowest BCUT2D eigenvalue weighted by Crippen LogP contribution is -2.51. The number of aryl methyl sites for hydroxylation is 1. The Balaban J connectivity index is 2.10. The van der Waals surface area contributed by atoms with Gasteiger partial charge in [-0.15, -0.1) is 0 Å². The topological polar surface area (TPSA) is 105 Å². The van der Waals surface area contributed by atoms with Gasteiger partial charge in [0.1, 0.15) is 24.1 Å². The largest absolute Gasteiger partial charge is 0.497 e. The molecular formula is C31H37Cl2N3O6S. The average Bonchev–Trinajstić information content (AvgIpc) is 2.99. The van der Waals surface area contributed by atoms with Crippen molar-refractivity contribution in [3.63, 3.8) is 0 Å². The molecule has 1 atom stereocenters. The number of nitrogens with zero attached hydrogens (tertiary/aromatic N) is 2. The summed E-state index contributed by atoms with van der Waals surface area (Å²) in [5.74, 6) is -0.409. The zero-order valence-electron chi connectivity index (χ0n) is 24.9. The molecule has 0 spiro atoms. The zero-order chi connectivity index (χ0) is 31.7. The van der Waals surface area contributed by atoms with E-state index in [-0.39, 0.29) is 33.8 Å². The molecule has 0 heterocycles. The van der Waals surface area contributed by atoms with Crippen molar-refractivity contribution in [3.05, 3.63) is 81.8 Å². The maximum absolute atomic E-state index is 14.2. The van der Waals surface area contributed by atoms with Crippen LogP contribution in [0.15, 0.2) is 65.6 Å². The maximum atomic E-state index is 14.2. The number of sulfonamides is 1. The van der Waals surface area contributed by atoms with Crippen molar-refractivity contribution in [1.29, 1.82) is 0 Å². The Labute approximate surface area is 263 Å². The molecule has 3 rings (SSSR count). The van der Waals surface area contributed by atoms with Crippen molar-refractivity contribution in [1.82, 2.24) is 10.2 Å². The van der Waals surface area contributed by atoms with Gasteiger partial charge in [0.2, 0.25) is 11.8 Å². The first-order chi connectivity index (χ1) is 20.4. The summed E-state index contributed by atoms with van der Waals surface area (Å²) in [6, 6.07) is 15.0. The van der Waals surface area contributed by atoms with E-state index in [1.165, 1.54) is 37.3 Å². The Hall–Kier alpha value is -3.47. The Morgan fingerprint density at radius 2 is 1.65 bits per heavy atom. The molecule has 0 aromatic heterocycles. The van der Waals surface area contributed by atoms with Crippen LogP contribution in [-0.2, 0) is 26.2 Å². The maximum Gasteiger partial charge on any atom is 0.264 e. The first-order valence-electron chi connectivity index (χ1n) is 13.8. The minimum Gasteiger partial charge on any atom is -0.497 e. The van der Waals surface area contributed by atoms with Gasteiger partial charge < -0.3 is 19.7 Å². The van der Waals surface area contributed by atoms with Crippen LogP contribution in [0.2, 0.25) is 10.0 Å². The second kappa shape index (κ2) is 15.3. The summed E-state index contributed by atoms with van der Waals surface area (Å²) in [5.41, 5.74) is 1.59. The Bertz CT molecular complexity index is 1530. The van der Waals surface area contributed by atoms with Gasteiger partial charge in [0.05, 0.1) is 34.8 Å². The Kier molecular flexibility index (Phi) is 12.1. The Morgan fingerprint density at radius 1 is 0.953 bits per heavy atom. The monoisotopic (exact) mass is 649 g/mol. The van der Waals surface area contributed by atoms with Crippen molar-refractivity contribution in [2.75, 3.05) is 31.6 Å². The number of benzene rings is 3. The summed E-state index contributed by atoms with van der Waals surface area (Å²) in [6.07, 6.45) is 1.66. The van der Waals surface area contributed by atoms with Crippen LogP contribution in [0.5, 0.6) is 11.5 Å². The van der Waals surface area contributed by atoms with Crippen LogP contribution in [0.25, 0.3) is 0 Å². The van der Waals surface area contributed by atoms with E-state index in [1.807, 2.05) is 13.8 Å². The number of ether oxygens (including phenoxy) is 2. The van der Waals surface area contributed by atoms with Crippen LogP contribution >= 0.6 is 23.2 Å². The van der Waals surface area contributed by atoms with Gasteiger partial charge >= 0.3 is 0 Å². The smallest absolute Gasteiger partial charge is 0.264 e. The summed E-state index contributed by atoms with van der Waals surface area (Å²) >= 11 is 12.3. The molecule has 43 heavy (non-hydrogen) atoms. The van der Waals surface area contributed by atoms with Crippen LogP contribution in [0.1, 0.15) is 37.8 Å². The third-order valence-corrected chi connectivity index (χ3v) is 9.39. The third kappa shape index (κ3) is 8.55. The van der Waals surface area contributed by atoms with E-state index in [1.54, 1.807) is 49.4 Å². The van der Waals surface area contributed by atoms with Gasteiger partial charge in [0.15, 0.2) is 0 Å². The van der Waals surface area contributed by atoms with Gasteiger partial charge in [-0.25, -0.2) is 8.42 Å². The molecule has 0 saturated carbocycles. The predicted octanol–water partition coefficient (Wildman–Crippen LogP) is 5.85. The number of carbonyl (C=O) groups excluding carboxylic acids is 2. The van der Waals surface area contributed by atoms with E-state index in [0.29, 0.717) is 22.9 Å². The minimum absolute atomic E-state index is 0.0165. The zero-order valence-corrected chi connectivity index (χ0v) is 27.2. The number of hydrogen-bond acceptors (Lipinski definition) is 6. The van der Waals surface area contributed by atoms with E-state index >= 15 is 0 Å². The summed E-state index contributed by atoms with van der Waals surface area (Å²) in [7, 11) is -1.44. The number of carbonyl (C=O) groups is 2. The van der Waals surface area contributed by atoms with Crippen LogP contribution in [0.4, 0.5) is 5.69 Å². The molecule has 0 aliphatic heterocycles. The van der Waals surface area contributed by atoms with E-state index < -0.39 is 28.5 Å². The van der Waals surface area contributed by atoms with Crippen LogP contribution in [0.3, 0.4) is 0 Å². The SMILES string of the molecule is CCCCNC(=O)[C@H](C)N(Cc1ccc(Cl)c(Cl)c1)C(=O)CN(c1cc(OC)ccc1OC)S(=O)(=O)c1ccc(C)cc1. The Morgan fingerprint density at radius 3 is 2.26 bits per heavy atom. The summed E-state index contributed by atoms with van der Waals surface area (Å²) in [5, 5.41) is 3.49. The molecule has 2 amide bonds. The van der Waals surface area contributed by atoms with Crippen LogP contribution in [0, 0.1) is 6.92 Å². The van der Waals surface area contributed by atoms with Gasteiger partial charge in [-0.05, 0) is 62.2 Å². The number of unbranched alkanes of at least 4 members (excludes halogenated alkanes) is 1. The van der Waals surface area contributed by atoms with Crippen molar-refractivity contribution >= 4 is 50.7 Å². The molecule has 0 radical (unpaired) electrons. The fourth-order valence-corrected chi connectivity index (χ4v) is 6.03. The van der Waals surface area contributed by atoms with Crippen molar-refractivity contribution in [2.45, 2.75) is 51.1 Å². The fourth-order valence-electron chi connectivity index (χ4n) is 4.30. The highest BCUT2D eigenvalue weighted by Gasteiger charge is 2.34. The molecule has 1 N–H and O–H groups in total. The highest BCUT2D eigenvalue weighted by molar-refractivity contribution is 7.92. The van der Waals surface area contributed by atoms with E-state index in [4.69, 9.17) is 32.7 Å². The molecule has 0 bridgehead atoms. The molecule has 232 valence electrons. The predicted molar refractivity (Wildman–Crippen MR) is 170 cm³/mol. The van der Waals surface area contributed by atoms with Gasteiger partial charge in [-0.3, -0.25) is 13.9 Å². The summed E-state index contributed by atoms with van der Waals surface area (Å²) in [4.78, 5) is 28.6. The first-order valence-corrected chi connectivity index (χ1v) is 15.9. The molecule has 3 aromatic rings. The normalized spacial score (nSPS) is 11.9. The molecule has 0 aliphatic carbocycles. The van der Waals surface area contributed by atoms with Crippen molar-refractivity contribution in [3.8, 4) is 11.5 Å². The molecule has 0 aliphatic rings.